The Morgan fingerprint density at radius 2 is 0.925 bits per heavy atom. The fraction of sp³-hybridized carbons (Fsp3) is 0. The first kappa shape index (κ1) is 28.6. The van der Waals surface area contributed by atoms with Gasteiger partial charge in [0.05, 0.1) is 27.8 Å². The van der Waals surface area contributed by atoms with Crippen LogP contribution in [0.3, 0.4) is 0 Å². The van der Waals surface area contributed by atoms with Gasteiger partial charge in [-0.3, -0.25) is 0 Å². The lowest BCUT2D eigenvalue weighted by Crippen LogP contribution is -1.96. The Balaban J connectivity index is 1.09. The van der Waals surface area contributed by atoms with Gasteiger partial charge in [-0.15, -0.1) is 0 Å². The summed E-state index contributed by atoms with van der Waals surface area (Å²) in [7, 11) is 0. The first-order chi connectivity index (χ1) is 26.3. The van der Waals surface area contributed by atoms with Crippen molar-refractivity contribution in [1.82, 2.24) is 9.13 Å². The highest BCUT2D eigenvalue weighted by Gasteiger charge is 2.19. The van der Waals surface area contributed by atoms with E-state index in [2.05, 4.69) is 179 Å². The zero-order chi connectivity index (χ0) is 34.6. The molecule has 0 unspecified atom stereocenters. The monoisotopic (exact) mass is 674 g/mol. The molecule has 0 spiro atoms. The summed E-state index contributed by atoms with van der Waals surface area (Å²) in [4.78, 5) is 0. The molecule has 0 fully saturated rings. The molecule has 0 saturated heterocycles. The molecule has 12 aromatic rings. The maximum Gasteiger partial charge on any atom is 0.135 e. The molecule has 9 aromatic carbocycles. The number of nitrogens with zero attached hydrogens (tertiary/aromatic N) is 2. The summed E-state index contributed by atoms with van der Waals surface area (Å²) in [6, 6.07) is 66.2. The second-order valence-electron chi connectivity index (χ2n) is 14.1. The van der Waals surface area contributed by atoms with E-state index in [1.807, 2.05) is 12.1 Å². The van der Waals surface area contributed by atoms with Crippen LogP contribution in [0.15, 0.2) is 186 Å². The van der Waals surface area contributed by atoms with Crippen LogP contribution >= 0.6 is 0 Å². The summed E-state index contributed by atoms with van der Waals surface area (Å²) in [5, 5.41) is 12.2. The van der Waals surface area contributed by atoms with Crippen molar-refractivity contribution in [1.29, 1.82) is 0 Å². The normalized spacial score (nSPS) is 12.2. The van der Waals surface area contributed by atoms with E-state index in [-0.39, 0.29) is 0 Å². The van der Waals surface area contributed by atoms with Gasteiger partial charge in [-0.2, -0.15) is 0 Å². The Kier molecular flexibility index (Phi) is 5.77. The maximum absolute atomic E-state index is 6.18. The lowest BCUT2D eigenvalue weighted by atomic mass is 10.00. The van der Waals surface area contributed by atoms with Crippen LogP contribution in [0.2, 0.25) is 0 Å². The van der Waals surface area contributed by atoms with Crippen LogP contribution in [0.4, 0.5) is 0 Å². The minimum absolute atomic E-state index is 0.906. The Labute approximate surface area is 304 Å². The Hall–Kier alpha value is -7.10. The number of aromatic nitrogens is 2. The van der Waals surface area contributed by atoms with Gasteiger partial charge < -0.3 is 13.6 Å². The van der Waals surface area contributed by atoms with Crippen molar-refractivity contribution < 1.29 is 4.42 Å². The van der Waals surface area contributed by atoms with Gasteiger partial charge in [0.25, 0.3) is 0 Å². The molecule has 0 atom stereocenters. The van der Waals surface area contributed by atoms with Crippen molar-refractivity contribution in [2.45, 2.75) is 0 Å². The zero-order valence-corrected chi connectivity index (χ0v) is 28.6. The van der Waals surface area contributed by atoms with E-state index in [9.17, 15) is 0 Å². The van der Waals surface area contributed by atoms with Crippen molar-refractivity contribution in [3.63, 3.8) is 0 Å². The predicted octanol–water partition coefficient (Wildman–Crippen LogP) is 13.8. The number of rotatable bonds is 3. The third-order valence-electron chi connectivity index (χ3n) is 11.3. The maximum atomic E-state index is 6.18. The van der Waals surface area contributed by atoms with Gasteiger partial charge in [-0.05, 0) is 82.6 Å². The molecule has 0 saturated carbocycles. The van der Waals surface area contributed by atoms with E-state index >= 15 is 0 Å². The summed E-state index contributed by atoms with van der Waals surface area (Å²) in [6.07, 6.45) is 0. The van der Waals surface area contributed by atoms with E-state index in [1.54, 1.807) is 0 Å². The number of furan rings is 1. The lowest BCUT2D eigenvalue weighted by molar-refractivity contribution is 0.669. The van der Waals surface area contributed by atoms with Crippen LogP contribution in [0.1, 0.15) is 0 Å². The number of benzene rings is 9. The fourth-order valence-corrected chi connectivity index (χ4v) is 8.90. The number of para-hydroxylation sites is 2. The molecule has 53 heavy (non-hydrogen) atoms. The standard InChI is InChI=1S/C50H30N2O/c1-3-13-36-31(10-1)12-9-18-44(36)52-47-26-22-34(29-42(47)40-24-20-32-11-2-4-14-37(32)50(40)52)33-21-25-46-41(28-33)38-15-5-7-17-45(38)51(46)35-23-27-49-43(30-35)39-16-6-8-19-48(39)53-49/h1-30H. The van der Waals surface area contributed by atoms with Crippen molar-refractivity contribution >= 4 is 87.1 Å². The van der Waals surface area contributed by atoms with Crippen LogP contribution in [0.5, 0.6) is 0 Å². The van der Waals surface area contributed by atoms with Crippen LogP contribution < -0.4 is 0 Å². The highest BCUT2D eigenvalue weighted by molar-refractivity contribution is 6.20. The van der Waals surface area contributed by atoms with Crippen molar-refractivity contribution in [3.8, 4) is 22.5 Å². The topological polar surface area (TPSA) is 23.0 Å². The van der Waals surface area contributed by atoms with Crippen LogP contribution in [0, 0.1) is 0 Å². The van der Waals surface area contributed by atoms with E-state index in [0.717, 1.165) is 27.6 Å². The molecular weight excluding hydrogens is 645 g/mol. The molecule has 0 amide bonds. The third kappa shape index (κ3) is 4.05. The molecule has 0 aliphatic heterocycles. The molecule has 3 heteroatoms. The van der Waals surface area contributed by atoms with E-state index in [1.165, 1.54) is 82.0 Å². The highest BCUT2D eigenvalue weighted by atomic mass is 16.3. The summed E-state index contributed by atoms with van der Waals surface area (Å²) < 4.78 is 11.1. The molecule has 0 radical (unpaired) electrons. The van der Waals surface area contributed by atoms with Gasteiger partial charge in [0.1, 0.15) is 11.2 Å². The molecule has 3 aromatic heterocycles. The van der Waals surface area contributed by atoms with E-state index < -0.39 is 0 Å². The van der Waals surface area contributed by atoms with Gasteiger partial charge in [-0.1, -0.05) is 121 Å². The van der Waals surface area contributed by atoms with Gasteiger partial charge in [0.15, 0.2) is 0 Å². The molecule has 12 rings (SSSR count). The van der Waals surface area contributed by atoms with Crippen molar-refractivity contribution in [3.05, 3.63) is 182 Å². The van der Waals surface area contributed by atoms with E-state index in [4.69, 9.17) is 4.42 Å². The summed E-state index contributed by atoms with van der Waals surface area (Å²) in [5.41, 5.74) is 11.4. The van der Waals surface area contributed by atoms with Gasteiger partial charge in [-0.25, -0.2) is 0 Å². The predicted molar refractivity (Wildman–Crippen MR) is 223 cm³/mol. The average Bonchev–Trinajstić information content (AvgIpc) is 3.87. The van der Waals surface area contributed by atoms with Crippen molar-refractivity contribution in [2.24, 2.45) is 0 Å². The Morgan fingerprint density at radius 1 is 0.321 bits per heavy atom. The molecule has 3 nitrogen and oxygen atoms in total. The lowest BCUT2D eigenvalue weighted by Gasteiger charge is -2.13. The molecule has 3 heterocycles. The largest absolute Gasteiger partial charge is 0.456 e. The van der Waals surface area contributed by atoms with E-state index in [0.29, 0.717) is 0 Å². The number of hydrogen-bond donors (Lipinski definition) is 0. The van der Waals surface area contributed by atoms with Crippen LogP contribution in [-0.2, 0) is 0 Å². The first-order valence-electron chi connectivity index (χ1n) is 18.2. The number of hydrogen-bond acceptors (Lipinski definition) is 1. The van der Waals surface area contributed by atoms with Crippen LogP contribution in [0.25, 0.3) is 110 Å². The molecule has 246 valence electrons. The second-order valence-corrected chi connectivity index (χ2v) is 14.1. The zero-order valence-electron chi connectivity index (χ0n) is 28.6. The van der Waals surface area contributed by atoms with Gasteiger partial charge >= 0.3 is 0 Å². The average molecular weight is 675 g/mol. The van der Waals surface area contributed by atoms with Crippen molar-refractivity contribution in [2.75, 3.05) is 0 Å². The molecule has 0 bridgehead atoms. The van der Waals surface area contributed by atoms with Gasteiger partial charge in [0, 0.05) is 48.8 Å². The summed E-state index contributed by atoms with van der Waals surface area (Å²) in [5.74, 6) is 0. The third-order valence-corrected chi connectivity index (χ3v) is 11.3. The minimum Gasteiger partial charge on any atom is -0.456 e. The van der Waals surface area contributed by atoms with Crippen LogP contribution in [-0.4, -0.2) is 9.13 Å². The SMILES string of the molecule is c1ccc2c(-n3c4ccc(-c5ccc6c(c5)c5ccccc5n6-c5ccc6oc7ccccc7c6c5)cc4c4ccc5ccccc5c43)cccc2c1. The Bertz CT molecular complexity index is 3460. The number of fused-ring (bicyclic) bond motifs is 12. The second kappa shape index (κ2) is 10.7. The summed E-state index contributed by atoms with van der Waals surface area (Å²) in [6.45, 7) is 0. The quantitative estimate of drug-likeness (QED) is 0.183. The molecular formula is C50H30N2O. The molecule has 0 aliphatic carbocycles. The smallest absolute Gasteiger partial charge is 0.135 e. The fourth-order valence-electron chi connectivity index (χ4n) is 8.90. The molecule has 0 aliphatic rings. The summed E-state index contributed by atoms with van der Waals surface area (Å²) >= 11 is 0. The Morgan fingerprint density at radius 3 is 1.75 bits per heavy atom. The molecule has 0 N–H and O–H groups in total. The minimum atomic E-state index is 0.906. The first-order valence-corrected chi connectivity index (χ1v) is 18.2. The van der Waals surface area contributed by atoms with Gasteiger partial charge in [0.2, 0.25) is 0 Å². The highest BCUT2D eigenvalue weighted by Crippen LogP contribution is 2.42.